The zero-order chi connectivity index (χ0) is 16.7. The van der Waals surface area contributed by atoms with Crippen LogP contribution in [0.25, 0.3) is 5.95 Å². The molecule has 3 rings (SSSR count). The van der Waals surface area contributed by atoms with Crippen LogP contribution in [0.3, 0.4) is 0 Å². The van der Waals surface area contributed by atoms with Crippen molar-refractivity contribution < 1.29 is 13.2 Å². The van der Waals surface area contributed by atoms with Crippen LogP contribution in [0.5, 0.6) is 0 Å². The number of hydrogen-bond donors (Lipinski definition) is 1. The van der Waals surface area contributed by atoms with Gasteiger partial charge in [-0.15, -0.1) is 0 Å². The van der Waals surface area contributed by atoms with E-state index in [9.17, 15) is 13.2 Å². The minimum Gasteiger partial charge on any atom is -0.293 e. The molecule has 122 valence electrons. The number of amides is 1. The summed E-state index contributed by atoms with van der Waals surface area (Å²) in [6.07, 6.45) is 5.49. The Bertz CT molecular complexity index is 826. The maximum atomic E-state index is 12.5. The van der Waals surface area contributed by atoms with Crippen LogP contribution in [0.2, 0.25) is 0 Å². The van der Waals surface area contributed by atoms with Crippen LogP contribution < -0.4 is 5.32 Å². The lowest BCUT2D eigenvalue weighted by molar-refractivity contribution is -0.117. The van der Waals surface area contributed by atoms with E-state index in [-0.39, 0.29) is 11.9 Å². The van der Waals surface area contributed by atoms with Crippen molar-refractivity contribution in [2.24, 2.45) is 0 Å². The summed E-state index contributed by atoms with van der Waals surface area (Å²) < 4.78 is 24.5. The highest BCUT2D eigenvalue weighted by Crippen LogP contribution is 2.36. The first-order chi connectivity index (χ1) is 10.8. The fourth-order valence-electron chi connectivity index (χ4n) is 2.05. The second-order valence-corrected chi connectivity index (χ2v) is 8.53. The summed E-state index contributed by atoms with van der Waals surface area (Å²) in [5, 5.41) is 6.02. The maximum Gasteiger partial charge on any atom is 0.253 e. The van der Waals surface area contributed by atoms with E-state index in [1.165, 1.54) is 37.3 Å². The number of anilines is 1. The van der Waals surface area contributed by atoms with Gasteiger partial charge in [-0.3, -0.25) is 10.1 Å². The van der Waals surface area contributed by atoms with Crippen molar-refractivity contribution in [3.63, 3.8) is 0 Å². The number of hydrogen-bond acceptors (Lipinski definition) is 7. The second-order valence-electron chi connectivity index (χ2n) is 5.75. The van der Waals surface area contributed by atoms with Gasteiger partial charge < -0.3 is 0 Å². The summed E-state index contributed by atoms with van der Waals surface area (Å²) in [6, 6.07) is 1.64. The largest absolute Gasteiger partial charge is 0.293 e. The summed E-state index contributed by atoms with van der Waals surface area (Å²) in [5.74, 6) is -0.363. The molecule has 10 heteroatoms. The quantitative estimate of drug-likeness (QED) is 0.836. The van der Waals surface area contributed by atoms with Crippen molar-refractivity contribution in [1.29, 1.82) is 0 Å². The van der Waals surface area contributed by atoms with E-state index in [1.54, 1.807) is 6.07 Å². The molecule has 0 spiro atoms. The summed E-state index contributed by atoms with van der Waals surface area (Å²) in [4.78, 5) is 24.5. The van der Waals surface area contributed by atoms with Crippen molar-refractivity contribution in [1.82, 2.24) is 24.7 Å². The zero-order valence-corrected chi connectivity index (χ0v) is 13.5. The number of nitrogens with zero attached hydrogens (tertiary/aromatic N) is 5. The number of carbonyl (C=O) groups excluding carboxylic acids is 1. The standard InChI is InChI=1S/C13H16N6O3S/c1-13(2,23(21,22)9-4-5-9)10(20)18-12-16-8-17-19(12)11-14-6-3-7-15-11/h3,6-9H,4-5H2,1-2H3,(H,16,17,18,20). The highest BCUT2D eigenvalue weighted by atomic mass is 32.2. The second kappa shape index (κ2) is 5.37. The van der Waals surface area contributed by atoms with Gasteiger partial charge in [-0.25, -0.2) is 18.4 Å². The average Bonchev–Trinajstić information content (AvgIpc) is 3.29. The summed E-state index contributed by atoms with van der Waals surface area (Å²) in [5.41, 5.74) is 0. The molecule has 0 aromatic carbocycles. The lowest BCUT2D eigenvalue weighted by atomic mass is 10.2. The number of carbonyl (C=O) groups is 1. The van der Waals surface area contributed by atoms with Gasteiger partial charge in [0.1, 0.15) is 11.1 Å². The predicted octanol–water partition coefficient (Wildman–Crippen LogP) is 0.352. The number of nitrogens with one attached hydrogen (secondary N) is 1. The Hall–Kier alpha value is -2.36. The molecule has 1 fully saturated rings. The van der Waals surface area contributed by atoms with E-state index >= 15 is 0 Å². The van der Waals surface area contributed by atoms with Crippen molar-refractivity contribution in [2.45, 2.75) is 36.7 Å². The smallest absolute Gasteiger partial charge is 0.253 e. The molecule has 0 atom stereocenters. The fourth-order valence-corrected chi connectivity index (χ4v) is 3.95. The van der Waals surface area contributed by atoms with Gasteiger partial charge >= 0.3 is 0 Å². The van der Waals surface area contributed by atoms with Crippen molar-refractivity contribution in [3.05, 3.63) is 24.8 Å². The Balaban J connectivity index is 1.86. The van der Waals surface area contributed by atoms with Gasteiger partial charge in [0.2, 0.25) is 11.9 Å². The first-order valence-electron chi connectivity index (χ1n) is 7.06. The Kier molecular flexibility index (Phi) is 3.63. The average molecular weight is 336 g/mol. The summed E-state index contributed by atoms with van der Waals surface area (Å²) >= 11 is 0. The third-order valence-electron chi connectivity index (χ3n) is 3.74. The Morgan fingerprint density at radius 3 is 2.52 bits per heavy atom. The lowest BCUT2D eigenvalue weighted by Crippen LogP contribution is -2.46. The predicted molar refractivity (Wildman–Crippen MR) is 81.6 cm³/mol. The minimum absolute atomic E-state index is 0.0697. The van der Waals surface area contributed by atoms with Crippen LogP contribution in [0.15, 0.2) is 24.8 Å². The van der Waals surface area contributed by atoms with Crippen molar-refractivity contribution >= 4 is 21.7 Å². The van der Waals surface area contributed by atoms with Crippen LogP contribution in [0, 0.1) is 0 Å². The monoisotopic (exact) mass is 336 g/mol. The van der Waals surface area contributed by atoms with Gasteiger partial charge in [0.25, 0.3) is 5.95 Å². The van der Waals surface area contributed by atoms with E-state index in [0.717, 1.165) is 0 Å². The summed E-state index contributed by atoms with van der Waals surface area (Å²) in [7, 11) is -3.55. The molecule has 1 aliphatic carbocycles. The zero-order valence-electron chi connectivity index (χ0n) is 12.7. The van der Waals surface area contributed by atoms with Gasteiger partial charge in [-0.05, 0) is 32.8 Å². The van der Waals surface area contributed by atoms with Gasteiger partial charge in [-0.2, -0.15) is 14.8 Å². The van der Waals surface area contributed by atoms with Crippen LogP contribution in [-0.4, -0.2) is 49.1 Å². The molecular formula is C13H16N6O3S. The normalized spacial score (nSPS) is 15.4. The van der Waals surface area contributed by atoms with Crippen LogP contribution >= 0.6 is 0 Å². The molecule has 1 saturated carbocycles. The summed E-state index contributed by atoms with van der Waals surface area (Å²) in [6.45, 7) is 2.80. The van der Waals surface area contributed by atoms with Crippen LogP contribution in [0.1, 0.15) is 26.7 Å². The molecular weight excluding hydrogens is 320 g/mol. The molecule has 1 amide bonds. The number of sulfone groups is 1. The Morgan fingerprint density at radius 1 is 1.26 bits per heavy atom. The van der Waals surface area contributed by atoms with Gasteiger partial charge in [-0.1, -0.05) is 0 Å². The molecule has 0 aliphatic heterocycles. The topological polar surface area (TPSA) is 120 Å². The molecule has 2 aromatic heterocycles. The van der Waals surface area contributed by atoms with Crippen LogP contribution in [0.4, 0.5) is 5.95 Å². The molecule has 0 bridgehead atoms. The molecule has 23 heavy (non-hydrogen) atoms. The third-order valence-corrected chi connectivity index (χ3v) is 6.69. The molecule has 9 nitrogen and oxygen atoms in total. The maximum absolute atomic E-state index is 12.5. The molecule has 2 aromatic rings. The van der Waals surface area contributed by atoms with E-state index in [0.29, 0.717) is 12.8 Å². The molecule has 1 aliphatic rings. The first-order valence-corrected chi connectivity index (χ1v) is 8.61. The first kappa shape index (κ1) is 15.5. The van der Waals surface area contributed by atoms with E-state index < -0.39 is 25.7 Å². The van der Waals surface area contributed by atoms with E-state index in [1.807, 2.05) is 0 Å². The van der Waals surface area contributed by atoms with Crippen molar-refractivity contribution in [2.75, 3.05) is 5.32 Å². The van der Waals surface area contributed by atoms with Crippen molar-refractivity contribution in [3.8, 4) is 5.95 Å². The van der Waals surface area contributed by atoms with E-state index in [2.05, 4.69) is 25.4 Å². The van der Waals surface area contributed by atoms with E-state index in [4.69, 9.17) is 0 Å². The Morgan fingerprint density at radius 2 is 1.91 bits per heavy atom. The highest BCUT2D eigenvalue weighted by molar-refractivity contribution is 7.94. The highest BCUT2D eigenvalue weighted by Gasteiger charge is 2.50. The molecule has 0 unspecified atom stereocenters. The Labute approximate surface area is 133 Å². The van der Waals surface area contributed by atoms with Gasteiger partial charge in [0, 0.05) is 12.4 Å². The molecule has 0 saturated heterocycles. The molecule has 2 heterocycles. The van der Waals surface area contributed by atoms with Crippen LogP contribution in [-0.2, 0) is 14.6 Å². The fraction of sp³-hybridized carbons (Fsp3) is 0.462. The minimum atomic E-state index is -3.55. The SMILES string of the molecule is CC(C)(C(=O)Nc1ncnn1-c1ncccn1)S(=O)(=O)C1CC1. The molecule has 0 radical (unpaired) electrons. The number of aromatic nitrogens is 5. The number of rotatable bonds is 5. The molecule has 1 N–H and O–H groups in total. The van der Waals surface area contributed by atoms with Gasteiger partial charge in [0.15, 0.2) is 9.84 Å². The van der Waals surface area contributed by atoms with Gasteiger partial charge in [0.05, 0.1) is 5.25 Å². The third kappa shape index (κ3) is 2.69. The lowest BCUT2D eigenvalue weighted by Gasteiger charge is -2.23.